The number of carbonyl (C=O) groups excluding carboxylic acids is 1. The van der Waals surface area contributed by atoms with Crippen molar-refractivity contribution in [2.45, 2.75) is 25.6 Å². The van der Waals surface area contributed by atoms with Crippen LogP contribution in [-0.2, 0) is 28.7 Å². The first kappa shape index (κ1) is 28.6. The zero-order valence-corrected chi connectivity index (χ0v) is 21.4. The Labute approximate surface area is 227 Å². The average molecular weight is 577 g/mol. The van der Waals surface area contributed by atoms with Crippen molar-refractivity contribution in [1.29, 1.82) is 5.26 Å². The van der Waals surface area contributed by atoms with Gasteiger partial charge in [0.1, 0.15) is 28.8 Å². The number of methoxy groups -OCH3 is 1. The molecule has 206 valence electrons. The van der Waals surface area contributed by atoms with Gasteiger partial charge in [0.05, 0.1) is 24.2 Å². The second-order valence-corrected chi connectivity index (χ2v) is 9.67. The van der Waals surface area contributed by atoms with Gasteiger partial charge in [-0.2, -0.15) is 18.4 Å². The summed E-state index contributed by atoms with van der Waals surface area (Å²) in [5, 5.41) is 9.32. The molecule has 2 heterocycles. The molecule has 0 fully saturated rings. The lowest BCUT2D eigenvalue weighted by Crippen LogP contribution is -2.31. The number of hydrogen-bond donors (Lipinski definition) is 0. The van der Waals surface area contributed by atoms with Gasteiger partial charge in [-0.05, 0) is 35.7 Å². The number of nitriles is 1. The summed E-state index contributed by atoms with van der Waals surface area (Å²) in [6.45, 7) is -0.764. The lowest BCUT2D eigenvalue weighted by molar-refractivity contribution is -0.141. The Morgan fingerprint density at radius 3 is 2.42 bits per heavy atom. The number of rotatable bonds is 7. The Kier molecular flexibility index (Phi) is 8.16. The van der Waals surface area contributed by atoms with Crippen LogP contribution in [0.25, 0.3) is 21.0 Å². The van der Waals surface area contributed by atoms with Crippen molar-refractivity contribution in [3.63, 3.8) is 0 Å². The first-order valence-electron chi connectivity index (χ1n) is 11.6. The van der Waals surface area contributed by atoms with Crippen LogP contribution in [0.3, 0.4) is 0 Å². The maximum absolute atomic E-state index is 15.7. The van der Waals surface area contributed by atoms with E-state index >= 15 is 4.39 Å². The summed E-state index contributed by atoms with van der Waals surface area (Å²) in [4.78, 5) is 25.0. The molecule has 0 amide bonds. The van der Waals surface area contributed by atoms with Gasteiger partial charge in [-0.15, -0.1) is 11.3 Å². The van der Waals surface area contributed by atoms with Gasteiger partial charge in [0.15, 0.2) is 5.82 Å². The lowest BCUT2D eigenvalue weighted by Gasteiger charge is -2.18. The first-order chi connectivity index (χ1) is 18.9. The van der Waals surface area contributed by atoms with E-state index in [0.717, 1.165) is 35.1 Å². The summed E-state index contributed by atoms with van der Waals surface area (Å²) in [6, 6.07) is 13.2. The summed E-state index contributed by atoms with van der Waals surface area (Å²) in [6.07, 6.45) is -4.89. The molecular formula is C28H18F6N2O3S. The number of carbonyl (C=O) groups is 1. The molecular weight excluding hydrogens is 558 g/mol. The van der Waals surface area contributed by atoms with Crippen LogP contribution in [0.1, 0.15) is 28.7 Å². The topological polar surface area (TPSA) is 72.1 Å². The molecule has 40 heavy (non-hydrogen) atoms. The van der Waals surface area contributed by atoms with Gasteiger partial charge in [-0.1, -0.05) is 30.3 Å². The van der Waals surface area contributed by atoms with Crippen LogP contribution in [0.4, 0.5) is 26.3 Å². The van der Waals surface area contributed by atoms with Crippen LogP contribution in [-0.4, -0.2) is 17.6 Å². The quantitative estimate of drug-likeness (QED) is 0.181. The molecule has 0 aliphatic carbocycles. The summed E-state index contributed by atoms with van der Waals surface area (Å²) >= 11 is 0.868. The average Bonchev–Trinajstić information content (AvgIpc) is 3.39. The molecule has 0 N–H and O–H groups in total. The van der Waals surface area contributed by atoms with Crippen molar-refractivity contribution in [2.24, 2.45) is 0 Å². The van der Waals surface area contributed by atoms with Gasteiger partial charge < -0.3 is 4.74 Å². The highest BCUT2D eigenvalue weighted by Gasteiger charge is 2.41. The highest BCUT2D eigenvalue weighted by atomic mass is 32.1. The van der Waals surface area contributed by atoms with Crippen molar-refractivity contribution in [1.82, 2.24) is 4.57 Å². The van der Waals surface area contributed by atoms with Crippen LogP contribution < -0.4 is 5.56 Å². The Balaban J connectivity index is 1.88. The number of thiophene rings is 1. The second kappa shape index (κ2) is 11.4. The normalized spacial score (nSPS) is 11.3. The minimum absolute atomic E-state index is 0.0953. The van der Waals surface area contributed by atoms with Gasteiger partial charge in [0.25, 0.3) is 5.56 Å². The molecule has 0 saturated heterocycles. The molecule has 2 aromatic carbocycles. The summed E-state index contributed by atoms with van der Waals surface area (Å²) in [5.74, 6) is -4.31. The molecule has 4 rings (SSSR count). The molecule has 0 unspecified atom stereocenters. The molecule has 0 spiro atoms. The van der Waals surface area contributed by atoms with E-state index in [4.69, 9.17) is 0 Å². The van der Waals surface area contributed by atoms with Crippen molar-refractivity contribution in [3.05, 3.63) is 105 Å². The van der Waals surface area contributed by atoms with Crippen molar-refractivity contribution in [3.8, 4) is 27.1 Å². The van der Waals surface area contributed by atoms with Crippen molar-refractivity contribution in [2.75, 3.05) is 7.11 Å². The van der Waals surface area contributed by atoms with Crippen LogP contribution in [0.2, 0.25) is 0 Å². The predicted octanol–water partition coefficient (Wildman–Crippen LogP) is 6.71. The smallest absolute Gasteiger partial charge is 0.420 e. The fourth-order valence-corrected chi connectivity index (χ4v) is 5.17. The molecule has 0 atom stereocenters. The third kappa shape index (κ3) is 5.79. The molecule has 0 radical (unpaired) electrons. The number of pyridine rings is 1. The molecule has 0 bridgehead atoms. The van der Waals surface area contributed by atoms with E-state index in [9.17, 15) is 36.8 Å². The van der Waals surface area contributed by atoms with Gasteiger partial charge in [-0.3, -0.25) is 14.2 Å². The minimum Gasteiger partial charge on any atom is -0.469 e. The zero-order chi connectivity index (χ0) is 29.2. The molecule has 0 aliphatic heterocycles. The van der Waals surface area contributed by atoms with Crippen LogP contribution in [0, 0.1) is 28.8 Å². The van der Waals surface area contributed by atoms with Gasteiger partial charge in [0.2, 0.25) is 0 Å². The zero-order valence-electron chi connectivity index (χ0n) is 20.6. The van der Waals surface area contributed by atoms with Gasteiger partial charge >= 0.3 is 12.1 Å². The summed E-state index contributed by atoms with van der Waals surface area (Å²) in [7, 11) is 1.27. The number of hydrogen-bond acceptors (Lipinski definition) is 5. The van der Waals surface area contributed by atoms with E-state index in [2.05, 4.69) is 4.74 Å². The summed E-state index contributed by atoms with van der Waals surface area (Å²) in [5.41, 5.74) is -4.69. The number of halogens is 6. The first-order valence-corrected chi connectivity index (χ1v) is 12.4. The Morgan fingerprint density at radius 2 is 1.77 bits per heavy atom. The van der Waals surface area contributed by atoms with Crippen molar-refractivity contribution < 1.29 is 35.9 Å². The molecule has 12 heteroatoms. The van der Waals surface area contributed by atoms with E-state index in [-0.39, 0.29) is 16.9 Å². The number of alkyl halides is 3. The molecule has 0 saturated carbocycles. The highest BCUT2D eigenvalue weighted by molar-refractivity contribution is 7.18. The van der Waals surface area contributed by atoms with Crippen molar-refractivity contribution >= 4 is 17.3 Å². The number of benzene rings is 2. The number of aryl methyl sites for hydroxylation is 1. The molecule has 2 aromatic heterocycles. The Morgan fingerprint density at radius 1 is 1.05 bits per heavy atom. The third-order valence-electron chi connectivity index (χ3n) is 6.04. The van der Waals surface area contributed by atoms with E-state index in [1.807, 2.05) is 0 Å². The number of aromatic nitrogens is 1. The number of nitrogens with zero attached hydrogens (tertiary/aromatic N) is 2. The largest absolute Gasteiger partial charge is 0.469 e. The van der Waals surface area contributed by atoms with Gasteiger partial charge in [-0.25, -0.2) is 13.2 Å². The third-order valence-corrected chi connectivity index (χ3v) is 7.18. The monoisotopic (exact) mass is 576 g/mol. The standard InChI is InChI=1S/C28H18F6N2O3S/c1-39-23(37)10-5-15-3-2-4-16(11-15)21-8-9-22(40-21)26-25(31)24(28(32,33)34)19(13-35)27(38)36(26)14-17-6-7-18(29)12-20(17)30/h2-4,6-9,11-12H,5,10,14H2,1H3. The Bertz CT molecular complexity index is 1700. The van der Waals surface area contributed by atoms with E-state index < -0.39 is 58.5 Å². The van der Waals surface area contributed by atoms with E-state index in [1.54, 1.807) is 24.3 Å². The molecule has 5 nitrogen and oxygen atoms in total. The number of esters is 1. The maximum Gasteiger partial charge on any atom is 0.420 e. The maximum atomic E-state index is 15.7. The van der Waals surface area contributed by atoms with E-state index in [0.29, 0.717) is 27.5 Å². The van der Waals surface area contributed by atoms with E-state index in [1.165, 1.54) is 19.2 Å². The van der Waals surface area contributed by atoms with Crippen LogP contribution in [0.5, 0.6) is 0 Å². The summed E-state index contributed by atoms with van der Waals surface area (Å²) < 4.78 is 90.2. The highest BCUT2D eigenvalue weighted by Crippen LogP contribution is 2.40. The van der Waals surface area contributed by atoms with Crippen LogP contribution >= 0.6 is 11.3 Å². The minimum atomic E-state index is -5.38. The van der Waals surface area contributed by atoms with Crippen LogP contribution in [0.15, 0.2) is 59.4 Å². The fraction of sp³-hybridized carbons (Fsp3) is 0.179. The SMILES string of the molecule is COC(=O)CCc1cccc(-c2ccc(-c3c(F)c(C(F)(F)F)c(C#N)c(=O)n3Cc3ccc(F)cc3F)s2)c1. The molecule has 0 aliphatic rings. The number of ether oxygens (including phenoxy) is 1. The Hall–Kier alpha value is -4.37. The predicted molar refractivity (Wildman–Crippen MR) is 135 cm³/mol. The van der Waals surface area contributed by atoms with Gasteiger partial charge in [0, 0.05) is 22.9 Å². The lowest BCUT2D eigenvalue weighted by atomic mass is 10.0. The fourth-order valence-electron chi connectivity index (χ4n) is 4.12. The molecule has 4 aromatic rings. The second-order valence-electron chi connectivity index (χ2n) is 8.59.